The molecule has 2 N–H and O–H groups in total. The summed E-state index contributed by atoms with van der Waals surface area (Å²) in [5.41, 5.74) is 4.84. The summed E-state index contributed by atoms with van der Waals surface area (Å²) in [5.74, 6) is 1.64. The Balaban J connectivity index is 1.25. The maximum Gasteiger partial charge on any atom is 0.161 e. The minimum Gasteiger partial charge on any atom is -0.490 e. The van der Waals surface area contributed by atoms with Crippen molar-refractivity contribution in [2.75, 3.05) is 26.3 Å². The first-order chi connectivity index (χ1) is 19.3. The van der Waals surface area contributed by atoms with E-state index in [1.165, 1.54) is 16.7 Å². The van der Waals surface area contributed by atoms with Gasteiger partial charge in [-0.3, -0.25) is 0 Å². The van der Waals surface area contributed by atoms with Crippen LogP contribution in [0.3, 0.4) is 0 Å². The summed E-state index contributed by atoms with van der Waals surface area (Å²) in [4.78, 5) is 0. The molecule has 1 atom stereocenters. The summed E-state index contributed by atoms with van der Waals surface area (Å²) in [6, 6.07) is 37.2. The molecule has 0 aromatic heterocycles. The van der Waals surface area contributed by atoms with Crippen LogP contribution < -0.4 is 14.8 Å². The Morgan fingerprint density at radius 1 is 0.564 bits per heavy atom. The Bertz CT molecular complexity index is 1200. The Labute approximate surface area is 233 Å². The largest absolute Gasteiger partial charge is 0.490 e. The first-order valence-corrected chi connectivity index (χ1v) is 14.2. The number of hydrogen-bond acceptors (Lipinski definition) is 4. The zero-order chi connectivity index (χ0) is 27.0. The molecule has 0 amide bonds. The topological polar surface area (TPSA) is 50.7 Å². The van der Waals surface area contributed by atoms with Crippen molar-refractivity contribution in [3.63, 3.8) is 0 Å². The molecular formula is C35H41NO3. The molecule has 4 aromatic rings. The summed E-state index contributed by atoms with van der Waals surface area (Å²) < 4.78 is 12.4. The van der Waals surface area contributed by atoms with E-state index in [-0.39, 0.29) is 0 Å². The highest BCUT2D eigenvalue weighted by Crippen LogP contribution is 2.29. The molecule has 0 heterocycles. The number of benzene rings is 4. The monoisotopic (exact) mass is 523 g/mol. The molecule has 204 valence electrons. The smallest absolute Gasteiger partial charge is 0.161 e. The molecule has 4 nitrogen and oxygen atoms in total. The summed E-state index contributed by atoms with van der Waals surface area (Å²) >= 11 is 0. The van der Waals surface area contributed by atoms with Gasteiger partial charge in [0.15, 0.2) is 11.5 Å². The average Bonchev–Trinajstić information content (AvgIpc) is 2.99. The number of rotatable bonds is 17. The lowest BCUT2D eigenvalue weighted by atomic mass is 10.1. The third-order valence-corrected chi connectivity index (χ3v) is 6.77. The zero-order valence-electron chi connectivity index (χ0n) is 22.8. The second-order valence-corrected chi connectivity index (χ2v) is 9.89. The zero-order valence-corrected chi connectivity index (χ0v) is 22.8. The third-order valence-electron chi connectivity index (χ3n) is 6.77. The molecule has 0 aliphatic rings. The normalized spacial score (nSPS) is 11.7. The fourth-order valence-electron chi connectivity index (χ4n) is 4.60. The fourth-order valence-corrected chi connectivity index (χ4v) is 4.60. The van der Waals surface area contributed by atoms with E-state index in [4.69, 9.17) is 9.47 Å². The van der Waals surface area contributed by atoms with Gasteiger partial charge in [0, 0.05) is 6.54 Å². The van der Waals surface area contributed by atoms with Gasteiger partial charge in [-0.2, -0.15) is 0 Å². The number of aliphatic hydroxyl groups is 1. The predicted octanol–water partition coefficient (Wildman–Crippen LogP) is 6.97. The number of aliphatic hydroxyl groups excluding tert-OH is 1. The quantitative estimate of drug-likeness (QED) is 0.147. The van der Waals surface area contributed by atoms with Gasteiger partial charge in [0.05, 0.1) is 19.3 Å². The van der Waals surface area contributed by atoms with Gasteiger partial charge < -0.3 is 19.9 Å². The maximum absolute atomic E-state index is 10.3. The van der Waals surface area contributed by atoms with Gasteiger partial charge in [0.2, 0.25) is 0 Å². The van der Waals surface area contributed by atoms with E-state index < -0.39 is 6.10 Å². The molecule has 0 saturated heterocycles. The Hall–Kier alpha value is -3.60. The molecule has 39 heavy (non-hydrogen) atoms. The van der Waals surface area contributed by atoms with Crippen LogP contribution in [0.25, 0.3) is 0 Å². The second kappa shape index (κ2) is 16.4. The van der Waals surface area contributed by atoms with Gasteiger partial charge in [-0.15, -0.1) is 0 Å². The van der Waals surface area contributed by atoms with E-state index >= 15 is 0 Å². The van der Waals surface area contributed by atoms with Crippen molar-refractivity contribution in [2.45, 2.75) is 44.6 Å². The fraction of sp³-hybridized carbons (Fsp3) is 0.314. The minimum atomic E-state index is -0.486. The highest BCUT2D eigenvalue weighted by molar-refractivity contribution is 5.43. The van der Waals surface area contributed by atoms with Crippen molar-refractivity contribution in [2.24, 2.45) is 0 Å². The standard InChI is InChI=1S/C35H41NO3/c37-33(32-20-8-3-9-21-32)28-36-24-10-17-31-22-23-34(38-25-11-18-29-13-4-1-5-14-29)35(27-31)39-26-12-19-30-15-6-2-7-16-30/h1-9,13-16,20-23,27,33,36-37H,10-12,17-19,24-26,28H2. The van der Waals surface area contributed by atoms with Crippen LogP contribution in [0.1, 0.15) is 47.6 Å². The van der Waals surface area contributed by atoms with Gasteiger partial charge in [0.1, 0.15) is 0 Å². The van der Waals surface area contributed by atoms with Crippen molar-refractivity contribution in [1.82, 2.24) is 5.32 Å². The molecule has 1 unspecified atom stereocenters. The summed E-state index contributed by atoms with van der Waals surface area (Å²) in [6.07, 6.45) is 5.33. The van der Waals surface area contributed by atoms with E-state index in [2.05, 4.69) is 72.0 Å². The van der Waals surface area contributed by atoms with Gasteiger partial charge in [-0.05, 0) is 79.5 Å². The molecule has 4 heteroatoms. The third kappa shape index (κ3) is 10.2. The van der Waals surface area contributed by atoms with Gasteiger partial charge >= 0.3 is 0 Å². The Morgan fingerprint density at radius 2 is 1.10 bits per heavy atom. The molecule has 0 aliphatic heterocycles. The first kappa shape index (κ1) is 28.4. The van der Waals surface area contributed by atoms with Crippen molar-refractivity contribution >= 4 is 0 Å². The molecular weight excluding hydrogens is 482 g/mol. The van der Waals surface area contributed by atoms with E-state index in [0.717, 1.165) is 62.1 Å². The Kier molecular flexibility index (Phi) is 11.9. The van der Waals surface area contributed by atoms with Crippen molar-refractivity contribution < 1.29 is 14.6 Å². The lowest BCUT2D eigenvalue weighted by Crippen LogP contribution is -2.22. The highest BCUT2D eigenvalue weighted by atomic mass is 16.5. The van der Waals surface area contributed by atoms with E-state index in [9.17, 15) is 5.11 Å². The van der Waals surface area contributed by atoms with Gasteiger partial charge in [-0.25, -0.2) is 0 Å². The van der Waals surface area contributed by atoms with Crippen LogP contribution in [0.5, 0.6) is 11.5 Å². The van der Waals surface area contributed by atoms with Crippen LogP contribution >= 0.6 is 0 Å². The highest BCUT2D eigenvalue weighted by Gasteiger charge is 2.09. The van der Waals surface area contributed by atoms with Crippen LogP contribution in [0.4, 0.5) is 0 Å². The van der Waals surface area contributed by atoms with E-state index in [0.29, 0.717) is 19.8 Å². The summed E-state index contributed by atoms with van der Waals surface area (Å²) in [6.45, 7) is 2.70. The average molecular weight is 524 g/mol. The van der Waals surface area contributed by atoms with Crippen molar-refractivity contribution in [3.05, 3.63) is 131 Å². The van der Waals surface area contributed by atoms with Crippen molar-refractivity contribution in [3.8, 4) is 11.5 Å². The first-order valence-electron chi connectivity index (χ1n) is 14.2. The van der Waals surface area contributed by atoms with Crippen LogP contribution in [-0.4, -0.2) is 31.4 Å². The molecule has 0 saturated carbocycles. The molecule has 4 rings (SSSR count). The molecule has 0 fully saturated rings. The minimum absolute atomic E-state index is 0.486. The summed E-state index contributed by atoms with van der Waals surface area (Å²) in [7, 11) is 0. The van der Waals surface area contributed by atoms with Crippen LogP contribution in [-0.2, 0) is 19.3 Å². The number of aryl methyl sites for hydroxylation is 3. The second-order valence-electron chi connectivity index (χ2n) is 9.89. The molecule has 0 aliphatic carbocycles. The maximum atomic E-state index is 10.3. The van der Waals surface area contributed by atoms with E-state index in [1.54, 1.807) is 0 Å². The molecule has 4 aromatic carbocycles. The van der Waals surface area contributed by atoms with Crippen LogP contribution in [0.15, 0.2) is 109 Å². The van der Waals surface area contributed by atoms with Gasteiger partial charge in [0.25, 0.3) is 0 Å². The molecule has 0 spiro atoms. The lowest BCUT2D eigenvalue weighted by Gasteiger charge is -2.15. The summed E-state index contributed by atoms with van der Waals surface area (Å²) in [5, 5.41) is 13.7. The van der Waals surface area contributed by atoms with Crippen LogP contribution in [0.2, 0.25) is 0 Å². The van der Waals surface area contributed by atoms with E-state index in [1.807, 2.05) is 42.5 Å². The van der Waals surface area contributed by atoms with Crippen molar-refractivity contribution in [1.29, 1.82) is 0 Å². The van der Waals surface area contributed by atoms with Crippen LogP contribution in [0, 0.1) is 0 Å². The number of ether oxygens (including phenoxy) is 2. The number of hydrogen-bond donors (Lipinski definition) is 2. The molecule has 0 radical (unpaired) electrons. The number of nitrogens with one attached hydrogen (secondary N) is 1. The molecule has 0 bridgehead atoms. The van der Waals surface area contributed by atoms with Gasteiger partial charge in [-0.1, -0.05) is 97.1 Å². The SMILES string of the molecule is OC(CNCCCc1ccc(OCCCc2ccccc2)c(OCCCc2ccccc2)c1)c1ccccc1. The Morgan fingerprint density at radius 3 is 1.72 bits per heavy atom. The predicted molar refractivity (Wildman–Crippen MR) is 160 cm³/mol. The lowest BCUT2D eigenvalue weighted by molar-refractivity contribution is 0.175.